The molecule has 1 aliphatic carbocycles. The molecule has 1 saturated carbocycles. The zero-order valence-electron chi connectivity index (χ0n) is 13.4. The van der Waals surface area contributed by atoms with Crippen LogP contribution in [0, 0.1) is 5.13 Å². The van der Waals surface area contributed by atoms with E-state index in [2.05, 4.69) is 15.5 Å². The van der Waals surface area contributed by atoms with E-state index in [-0.39, 0.29) is 27.7 Å². The second-order valence-corrected chi connectivity index (χ2v) is 8.64. The predicted molar refractivity (Wildman–Crippen MR) is 94.0 cm³/mol. The highest BCUT2D eigenvalue weighted by Crippen LogP contribution is 2.33. The Bertz CT molecular complexity index is 937. The van der Waals surface area contributed by atoms with Gasteiger partial charge in [-0.2, -0.15) is 4.39 Å². The molecule has 3 rings (SSSR count). The first-order valence-electron chi connectivity index (χ1n) is 7.59. The van der Waals surface area contributed by atoms with Gasteiger partial charge in [-0.25, -0.2) is 13.4 Å². The molecule has 8 nitrogen and oxygen atoms in total. The highest BCUT2D eigenvalue weighted by Gasteiger charge is 2.36. The number of nitrogens with two attached hydrogens (primary N) is 1. The van der Waals surface area contributed by atoms with Crippen LogP contribution in [0.1, 0.15) is 18.4 Å². The Morgan fingerprint density at radius 3 is 2.62 bits per heavy atom. The number of hydrogen-bond acceptors (Lipinski definition) is 8. The largest absolute Gasteiger partial charge is 0.379 e. The Kier molecular flexibility index (Phi) is 5.30. The van der Waals surface area contributed by atoms with Crippen LogP contribution in [0.5, 0.6) is 0 Å². The first kappa shape index (κ1) is 18.4. The van der Waals surface area contributed by atoms with Gasteiger partial charge in [0.25, 0.3) is 5.91 Å². The molecule has 0 bridgehead atoms. The van der Waals surface area contributed by atoms with Gasteiger partial charge >= 0.3 is 0 Å². The molecule has 11 heteroatoms. The molecule has 2 aromatic rings. The number of oxime groups is 1. The minimum absolute atomic E-state index is 0.0564. The number of amides is 1. The number of carbonyl (C=O) groups is 1. The number of anilines is 1. The van der Waals surface area contributed by atoms with Crippen LogP contribution in [-0.2, 0) is 19.5 Å². The molecule has 0 unspecified atom stereocenters. The van der Waals surface area contributed by atoms with Crippen molar-refractivity contribution < 1.29 is 22.4 Å². The number of sulfone groups is 1. The molecular weight excluding hydrogens is 383 g/mol. The number of nitrogens with zero attached hydrogens (tertiary/aromatic N) is 2. The molecule has 0 spiro atoms. The van der Waals surface area contributed by atoms with Crippen LogP contribution in [0.4, 0.5) is 9.52 Å². The third kappa shape index (κ3) is 4.06. The molecule has 1 fully saturated rings. The summed E-state index contributed by atoms with van der Waals surface area (Å²) in [4.78, 5) is 21.0. The highest BCUT2D eigenvalue weighted by atomic mass is 32.2. The van der Waals surface area contributed by atoms with Crippen molar-refractivity contribution in [2.24, 2.45) is 10.9 Å². The van der Waals surface area contributed by atoms with Crippen molar-refractivity contribution in [3.05, 3.63) is 41.2 Å². The van der Waals surface area contributed by atoms with E-state index in [0.717, 1.165) is 6.20 Å². The van der Waals surface area contributed by atoms with Gasteiger partial charge in [0.1, 0.15) is 0 Å². The summed E-state index contributed by atoms with van der Waals surface area (Å²) in [7, 11) is -3.33. The minimum atomic E-state index is -3.33. The lowest BCUT2D eigenvalue weighted by Gasteiger charge is -2.08. The summed E-state index contributed by atoms with van der Waals surface area (Å²) in [5.74, 6) is -0.689. The van der Waals surface area contributed by atoms with E-state index >= 15 is 0 Å². The molecule has 1 aliphatic rings. The molecule has 1 heterocycles. The predicted octanol–water partition coefficient (Wildman–Crippen LogP) is 1.49. The first-order chi connectivity index (χ1) is 12.4. The molecule has 0 atom stereocenters. The van der Waals surface area contributed by atoms with Crippen molar-refractivity contribution >= 4 is 37.9 Å². The second kappa shape index (κ2) is 7.48. The maximum absolute atomic E-state index is 13.0. The van der Waals surface area contributed by atoms with Gasteiger partial charge in [0.2, 0.25) is 0 Å². The highest BCUT2D eigenvalue weighted by molar-refractivity contribution is 7.92. The molecule has 26 heavy (non-hydrogen) atoms. The number of carbonyl (C=O) groups excluding carboxylic acids is 1. The molecule has 0 aliphatic heterocycles. The van der Waals surface area contributed by atoms with Gasteiger partial charge in [-0.15, -0.1) is 0 Å². The molecule has 0 radical (unpaired) electrons. The maximum Gasteiger partial charge on any atom is 0.280 e. The molecule has 138 valence electrons. The fourth-order valence-electron chi connectivity index (χ4n) is 2.17. The van der Waals surface area contributed by atoms with Crippen molar-refractivity contribution in [3.63, 3.8) is 0 Å². The van der Waals surface area contributed by atoms with Gasteiger partial charge in [-0.05, 0) is 25.0 Å². The van der Waals surface area contributed by atoms with Crippen molar-refractivity contribution in [2.45, 2.75) is 23.0 Å². The van der Waals surface area contributed by atoms with Gasteiger partial charge in [0.15, 0.2) is 32.5 Å². The zero-order valence-corrected chi connectivity index (χ0v) is 15.0. The summed E-state index contributed by atoms with van der Waals surface area (Å²) >= 11 is 0.659. The Labute approximate surface area is 152 Å². The van der Waals surface area contributed by atoms with Gasteiger partial charge in [0.05, 0.1) is 16.3 Å². The number of nitrogens with one attached hydrogen (secondary N) is 1. The lowest BCUT2D eigenvalue weighted by molar-refractivity contribution is -0.110. The summed E-state index contributed by atoms with van der Waals surface area (Å²) in [6, 6.07) is 5.74. The van der Waals surface area contributed by atoms with E-state index < -0.39 is 20.9 Å². The molecule has 1 amide bonds. The fourth-order valence-corrected chi connectivity index (χ4v) is 4.37. The summed E-state index contributed by atoms with van der Waals surface area (Å²) in [6.45, 7) is -0.253. The molecule has 1 aromatic carbocycles. The van der Waals surface area contributed by atoms with Gasteiger partial charge < -0.3 is 4.84 Å². The van der Waals surface area contributed by atoms with E-state index in [1.54, 1.807) is 0 Å². The Morgan fingerprint density at radius 2 is 2.08 bits per heavy atom. The third-order valence-electron chi connectivity index (χ3n) is 3.56. The van der Waals surface area contributed by atoms with E-state index in [0.29, 0.717) is 29.7 Å². The topological polar surface area (TPSA) is 124 Å². The van der Waals surface area contributed by atoms with Crippen molar-refractivity contribution in [3.8, 4) is 0 Å². The minimum Gasteiger partial charge on any atom is -0.379 e. The summed E-state index contributed by atoms with van der Waals surface area (Å²) in [5, 5.41) is 5.25. The number of rotatable bonds is 7. The average Bonchev–Trinajstić information content (AvgIpc) is 3.40. The smallest absolute Gasteiger partial charge is 0.280 e. The fraction of sp³-hybridized carbons (Fsp3) is 0.267. The normalized spacial score (nSPS) is 14.9. The number of aromatic nitrogens is 1. The quantitative estimate of drug-likeness (QED) is 0.414. The Morgan fingerprint density at radius 1 is 1.38 bits per heavy atom. The monoisotopic (exact) mass is 398 g/mol. The maximum atomic E-state index is 13.0. The van der Waals surface area contributed by atoms with E-state index in [9.17, 15) is 17.6 Å². The summed E-state index contributed by atoms with van der Waals surface area (Å²) in [6.07, 6.45) is 2.30. The van der Waals surface area contributed by atoms with E-state index in [4.69, 9.17) is 10.6 Å². The third-order valence-corrected chi connectivity index (χ3v) is 6.54. The van der Waals surface area contributed by atoms with Crippen LogP contribution >= 0.6 is 11.3 Å². The van der Waals surface area contributed by atoms with Crippen molar-refractivity contribution in [2.75, 3.05) is 12.0 Å². The average molecular weight is 398 g/mol. The number of halogens is 1. The van der Waals surface area contributed by atoms with Crippen LogP contribution in [0.2, 0.25) is 0 Å². The van der Waals surface area contributed by atoms with Crippen LogP contribution in [0.25, 0.3) is 0 Å². The molecule has 1 aromatic heterocycles. The second-order valence-electron chi connectivity index (χ2n) is 5.43. The lowest BCUT2D eigenvalue weighted by Crippen LogP contribution is -2.24. The molecular formula is C15H15FN4O4S2. The number of benzene rings is 1. The Hall–Kier alpha value is -2.37. The molecule has 3 N–H and O–H groups in total. The number of thiazole rings is 1. The number of hydrogen-bond donors (Lipinski definition) is 2. The van der Waals surface area contributed by atoms with Gasteiger partial charge in [0, 0.05) is 5.56 Å². The van der Waals surface area contributed by atoms with Crippen LogP contribution in [0.3, 0.4) is 0 Å². The van der Waals surface area contributed by atoms with Crippen molar-refractivity contribution in [1.82, 2.24) is 4.98 Å². The molecule has 0 saturated heterocycles. The van der Waals surface area contributed by atoms with Crippen LogP contribution < -0.4 is 11.1 Å². The standard InChI is InChI=1S/C15H15FN4O4S2/c16-12-7-18-15(25-12)19-14(21)13(20-24-8-17)9-1-3-10(4-2-9)26(22,23)11-5-6-11/h1-4,7,11H,5-6,8,17H2,(H,18,19,21)/b20-13+. The van der Waals surface area contributed by atoms with Crippen LogP contribution in [0.15, 0.2) is 40.5 Å². The van der Waals surface area contributed by atoms with Crippen molar-refractivity contribution in [1.29, 1.82) is 0 Å². The van der Waals surface area contributed by atoms with Gasteiger partial charge in [-0.1, -0.05) is 28.6 Å². The SMILES string of the molecule is NCO/N=C(/C(=O)Nc1ncc(F)s1)c1ccc(S(=O)(=O)C2CC2)cc1. The Balaban J connectivity index is 1.84. The summed E-state index contributed by atoms with van der Waals surface area (Å²) in [5.41, 5.74) is 5.42. The van der Waals surface area contributed by atoms with E-state index in [1.807, 2.05) is 0 Å². The summed E-state index contributed by atoms with van der Waals surface area (Å²) < 4.78 is 37.5. The van der Waals surface area contributed by atoms with E-state index in [1.165, 1.54) is 24.3 Å². The van der Waals surface area contributed by atoms with Gasteiger partial charge in [-0.3, -0.25) is 15.8 Å². The zero-order chi connectivity index (χ0) is 18.7. The lowest BCUT2D eigenvalue weighted by atomic mass is 10.1. The van der Waals surface area contributed by atoms with Crippen LogP contribution in [-0.4, -0.2) is 37.0 Å². The first-order valence-corrected chi connectivity index (χ1v) is 9.95.